The number of nitrogens with zero attached hydrogens (tertiary/aromatic N) is 2. The normalized spacial score (nSPS) is 30.9. The Hall–Kier alpha value is -0.160. The SMILES string of the molecule is CCN1CCC(CN)(N2CCC(OC)C2)CC1. The lowest BCUT2D eigenvalue weighted by Crippen LogP contribution is -2.58. The van der Waals surface area contributed by atoms with Crippen LogP contribution in [0, 0.1) is 0 Å². The summed E-state index contributed by atoms with van der Waals surface area (Å²) in [6.45, 7) is 8.82. The van der Waals surface area contributed by atoms with Crippen molar-refractivity contribution < 1.29 is 4.74 Å². The van der Waals surface area contributed by atoms with Gasteiger partial charge in [0.05, 0.1) is 6.10 Å². The smallest absolute Gasteiger partial charge is 0.0710 e. The topological polar surface area (TPSA) is 41.7 Å². The van der Waals surface area contributed by atoms with E-state index in [1.165, 1.54) is 32.5 Å². The molecule has 0 saturated carbocycles. The van der Waals surface area contributed by atoms with E-state index in [1.54, 1.807) is 0 Å². The van der Waals surface area contributed by atoms with E-state index < -0.39 is 0 Å². The summed E-state index contributed by atoms with van der Waals surface area (Å²) in [5.74, 6) is 0. The Balaban J connectivity index is 1.96. The number of rotatable bonds is 4. The molecule has 2 saturated heterocycles. The van der Waals surface area contributed by atoms with E-state index in [0.717, 1.165) is 26.1 Å². The summed E-state index contributed by atoms with van der Waals surface area (Å²) in [7, 11) is 1.82. The molecule has 100 valence electrons. The zero-order valence-corrected chi connectivity index (χ0v) is 11.3. The second-order valence-corrected chi connectivity index (χ2v) is 5.46. The molecule has 0 radical (unpaired) electrons. The van der Waals surface area contributed by atoms with Gasteiger partial charge < -0.3 is 15.4 Å². The average molecular weight is 241 g/mol. The highest BCUT2D eigenvalue weighted by molar-refractivity contribution is 4.99. The lowest BCUT2D eigenvalue weighted by atomic mass is 9.86. The molecule has 2 aliphatic heterocycles. The van der Waals surface area contributed by atoms with E-state index in [1.807, 2.05) is 7.11 Å². The monoisotopic (exact) mass is 241 g/mol. The molecule has 2 fully saturated rings. The third kappa shape index (κ3) is 2.65. The predicted molar refractivity (Wildman–Crippen MR) is 70.1 cm³/mol. The van der Waals surface area contributed by atoms with Gasteiger partial charge in [-0.1, -0.05) is 6.92 Å². The first kappa shape index (κ1) is 13.3. The molecule has 1 unspecified atom stereocenters. The van der Waals surface area contributed by atoms with Crippen LogP contribution in [0.2, 0.25) is 0 Å². The lowest BCUT2D eigenvalue weighted by molar-refractivity contribution is 0.0289. The molecule has 0 aliphatic carbocycles. The van der Waals surface area contributed by atoms with E-state index in [-0.39, 0.29) is 5.54 Å². The highest BCUT2D eigenvalue weighted by Crippen LogP contribution is 2.31. The zero-order valence-electron chi connectivity index (χ0n) is 11.3. The van der Waals surface area contributed by atoms with Crippen LogP contribution in [0.25, 0.3) is 0 Å². The van der Waals surface area contributed by atoms with Crippen molar-refractivity contribution in [1.82, 2.24) is 9.80 Å². The second kappa shape index (κ2) is 5.65. The van der Waals surface area contributed by atoms with Gasteiger partial charge in [0, 0.05) is 32.3 Å². The van der Waals surface area contributed by atoms with Crippen LogP contribution >= 0.6 is 0 Å². The molecule has 4 heteroatoms. The van der Waals surface area contributed by atoms with Crippen molar-refractivity contribution in [2.45, 2.75) is 37.8 Å². The molecule has 2 rings (SSSR count). The fourth-order valence-corrected chi connectivity index (χ4v) is 3.29. The summed E-state index contributed by atoms with van der Waals surface area (Å²) in [5, 5.41) is 0. The molecule has 2 heterocycles. The molecule has 0 aromatic rings. The number of methoxy groups -OCH3 is 1. The van der Waals surface area contributed by atoms with Crippen molar-refractivity contribution in [2.24, 2.45) is 5.73 Å². The molecule has 2 aliphatic rings. The van der Waals surface area contributed by atoms with Crippen LogP contribution in [0.15, 0.2) is 0 Å². The van der Waals surface area contributed by atoms with Crippen molar-refractivity contribution in [3.8, 4) is 0 Å². The fourth-order valence-electron chi connectivity index (χ4n) is 3.29. The van der Waals surface area contributed by atoms with Crippen LogP contribution in [0.4, 0.5) is 0 Å². The van der Waals surface area contributed by atoms with Crippen LogP contribution in [0.3, 0.4) is 0 Å². The molecule has 0 spiro atoms. The van der Waals surface area contributed by atoms with Crippen LogP contribution in [0.5, 0.6) is 0 Å². The molecule has 4 nitrogen and oxygen atoms in total. The van der Waals surface area contributed by atoms with Crippen molar-refractivity contribution in [3.05, 3.63) is 0 Å². The number of hydrogen-bond donors (Lipinski definition) is 1. The van der Waals surface area contributed by atoms with Gasteiger partial charge in [-0.2, -0.15) is 0 Å². The Morgan fingerprint density at radius 1 is 1.29 bits per heavy atom. The number of ether oxygens (including phenoxy) is 1. The van der Waals surface area contributed by atoms with Crippen LogP contribution < -0.4 is 5.73 Å². The Kier molecular flexibility index (Phi) is 4.42. The average Bonchev–Trinajstić information content (AvgIpc) is 2.88. The highest BCUT2D eigenvalue weighted by atomic mass is 16.5. The van der Waals surface area contributed by atoms with Crippen molar-refractivity contribution in [1.29, 1.82) is 0 Å². The van der Waals surface area contributed by atoms with Crippen LogP contribution in [-0.4, -0.2) is 67.8 Å². The standard InChI is InChI=1S/C13H27N3O/c1-3-15-8-5-13(11-14,6-9-15)16-7-4-12(10-16)17-2/h12H,3-11,14H2,1-2H3. The molecule has 0 aromatic carbocycles. The van der Waals surface area contributed by atoms with E-state index in [0.29, 0.717) is 6.10 Å². The summed E-state index contributed by atoms with van der Waals surface area (Å²) in [5.41, 5.74) is 6.34. The maximum atomic E-state index is 6.09. The molecular formula is C13H27N3O. The first-order valence-corrected chi connectivity index (χ1v) is 6.94. The van der Waals surface area contributed by atoms with Gasteiger partial charge in [-0.25, -0.2) is 0 Å². The van der Waals surface area contributed by atoms with Gasteiger partial charge in [-0.15, -0.1) is 0 Å². The van der Waals surface area contributed by atoms with Crippen molar-refractivity contribution in [2.75, 3.05) is 46.4 Å². The minimum atomic E-state index is 0.249. The van der Waals surface area contributed by atoms with E-state index in [2.05, 4.69) is 16.7 Å². The number of piperidine rings is 1. The number of hydrogen-bond acceptors (Lipinski definition) is 4. The summed E-state index contributed by atoms with van der Waals surface area (Å²) in [6, 6.07) is 0. The van der Waals surface area contributed by atoms with Gasteiger partial charge in [0.2, 0.25) is 0 Å². The minimum absolute atomic E-state index is 0.249. The minimum Gasteiger partial charge on any atom is -0.380 e. The summed E-state index contributed by atoms with van der Waals surface area (Å²) in [6.07, 6.45) is 4.01. The maximum absolute atomic E-state index is 6.09. The molecule has 0 bridgehead atoms. The summed E-state index contributed by atoms with van der Waals surface area (Å²) >= 11 is 0. The molecule has 0 amide bonds. The Morgan fingerprint density at radius 2 is 2.00 bits per heavy atom. The molecule has 1 atom stereocenters. The first-order chi connectivity index (χ1) is 8.24. The Morgan fingerprint density at radius 3 is 2.47 bits per heavy atom. The third-order valence-corrected chi connectivity index (χ3v) is 4.76. The van der Waals surface area contributed by atoms with Crippen molar-refractivity contribution in [3.63, 3.8) is 0 Å². The van der Waals surface area contributed by atoms with E-state index in [4.69, 9.17) is 10.5 Å². The maximum Gasteiger partial charge on any atom is 0.0710 e. The Bertz CT molecular complexity index is 239. The third-order valence-electron chi connectivity index (χ3n) is 4.76. The zero-order chi connectivity index (χ0) is 12.3. The molecule has 17 heavy (non-hydrogen) atoms. The van der Waals surface area contributed by atoms with Crippen LogP contribution in [0.1, 0.15) is 26.2 Å². The summed E-state index contributed by atoms with van der Waals surface area (Å²) in [4.78, 5) is 5.12. The fraction of sp³-hybridized carbons (Fsp3) is 1.00. The molecule has 0 aromatic heterocycles. The van der Waals surface area contributed by atoms with Gasteiger partial charge in [0.25, 0.3) is 0 Å². The van der Waals surface area contributed by atoms with Crippen LogP contribution in [-0.2, 0) is 4.74 Å². The van der Waals surface area contributed by atoms with Gasteiger partial charge in [0.15, 0.2) is 0 Å². The predicted octanol–water partition coefficient (Wildman–Crippen LogP) is 0.520. The number of likely N-dealkylation sites (tertiary alicyclic amines) is 2. The summed E-state index contributed by atoms with van der Waals surface area (Å²) < 4.78 is 5.47. The number of nitrogens with two attached hydrogens (primary N) is 1. The van der Waals surface area contributed by atoms with Gasteiger partial charge in [0.1, 0.15) is 0 Å². The lowest BCUT2D eigenvalue weighted by Gasteiger charge is -2.47. The van der Waals surface area contributed by atoms with Gasteiger partial charge >= 0.3 is 0 Å². The van der Waals surface area contributed by atoms with E-state index >= 15 is 0 Å². The van der Waals surface area contributed by atoms with Gasteiger partial charge in [-0.05, 0) is 38.9 Å². The second-order valence-electron chi connectivity index (χ2n) is 5.46. The molecular weight excluding hydrogens is 214 g/mol. The quantitative estimate of drug-likeness (QED) is 0.779. The molecule has 2 N–H and O–H groups in total. The first-order valence-electron chi connectivity index (χ1n) is 6.94. The van der Waals surface area contributed by atoms with E-state index in [9.17, 15) is 0 Å². The largest absolute Gasteiger partial charge is 0.380 e. The highest BCUT2D eigenvalue weighted by Gasteiger charge is 2.41. The van der Waals surface area contributed by atoms with Crippen molar-refractivity contribution >= 4 is 0 Å². The Labute approximate surface area is 105 Å². The van der Waals surface area contributed by atoms with Gasteiger partial charge in [-0.3, -0.25) is 4.90 Å².